The summed E-state index contributed by atoms with van der Waals surface area (Å²) in [5.41, 5.74) is 4.75. The molecule has 0 aliphatic rings. The van der Waals surface area contributed by atoms with E-state index in [-0.39, 0.29) is 0 Å². The molecule has 0 atom stereocenters. The molecular weight excluding hydrogens is 197 g/mol. The topological polar surface area (TPSA) is 41.6 Å². The van der Waals surface area contributed by atoms with E-state index >= 15 is 0 Å². The average Bonchev–Trinajstić information content (AvgIpc) is 2.86. The lowest BCUT2D eigenvalue weighted by atomic mass is 10.3. The zero-order valence-electron chi connectivity index (χ0n) is 7.27. The van der Waals surface area contributed by atoms with Crippen molar-refractivity contribution in [3.8, 4) is 11.5 Å². The second-order valence-electron chi connectivity index (χ2n) is 2.98. The van der Waals surface area contributed by atoms with Crippen molar-refractivity contribution in [3.63, 3.8) is 0 Å². The minimum atomic E-state index is 0.840. The molecule has 2 aromatic heterocycles. The van der Waals surface area contributed by atoms with Gasteiger partial charge in [-0.2, -0.15) is 0 Å². The van der Waals surface area contributed by atoms with Crippen molar-refractivity contribution < 1.29 is 0 Å². The van der Waals surface area contributed by atoms with Crippen LogP contribution in [0.15, 0.2) is 35.2 Å². The molecule has 3 rings (SSSR count). The summed E-state index contributed by atoms with van der Waals surface area (Å²) in [5.74, 6) is 0.840. The first kappa shape index (κ1) is 7.70. The Bertz CT molecular complexity index is 521. The van der Waals surface area contributed by atoms with Crippen molar-refractivity contribution >= 4 is 22.4 Å². The van der Waals surface area contributed by atoms with Crippen LogP contribution in [-0.4, -0.2) is 15.0 Å². The summed E-state index contributed by atoms with van der Waals surface area (Å²) >= 11 is 1.57. The molecule has 3 nitrogen and oxygen atoms in total. The van der Waals surface area contributed by atoms with Crippen LogP contribution in [0.5, 0.6) is 0 Å². The Morgan fingerprint density at radius 1 is 1.21 bits per heavy atom. The Labute approximate surface area is 84.5 Å². The number of thiazole rings is 1. The number of fused-ring (bicyclic) bond motifs is 1. The van der Waals surface area contributed by atoms with Gasteiger partial charge in [0.25, 0.3) is 0 Å². The minimum absolute atomic E-state index is 0.840. The van der Waals surface area contributed by atoms with Gasteiger partial charge < -0.3 is 4.98 Å². The SMILES string of the molecule is c1ccc2[nH]c(-c3c[35s]cn3)nc2c1. The van der Waals surface area contributed by atoms with E-state index in [0.717, 1.165) is 22.6 Å². The van der Waals surface area contributed by atoms with Crippen molar-refractivity contribution in [1.82, 2.24) is 15.0 Å². The molecule has 4 heteroatoms. The smallest absolute Gasteiger partial charge is 0.158 e. The van der Waals surface area contributed by atoms with Crippen LogP contribution < -0.4 is 0 Å². The lowest BCUT2D eigenvalue weighted by molar-refractivity contribution is 1.27. The highest BCUT2D eigenvalue weighted by Gasteiger charge is 2.05. The zero-order valence-corrected chi connectivity index (χ0v) is 8.08. The minimum Gasteiger partial charge on any atom is -0.337 e. The Morgan fingerprint density at radius 3 is 2.93 bits per heavy atom. The summed E-state index contributed by atoms with van der Waals surface area (Å²) in [6.07, 6.45) is 0. The van der Waals surface area contributed by atoms with Crippen LogP contribution in [0.1, 0.15) is 0 Å². The second-order valence-corrected chi connectivity index (χ2v) is 3.69. The van der Waals surface area contributed by atoms with Crippen molar-refractivity contribution in [3.05, 3.63) is 35.2 Å². The van der Waals surface area contributed by atoms with Crippen LogP contribution in [0.25, 0.3) is 22.6 Å². The highest BCUT2D eigenvalue weighted by molar-refractivity contribution is 7.07. The summed E-state index contributed by atoms with van der Waals surface area (Å²) < 4.78 is 0. The number of benzene rings is 1. The molecule has 14 heavy (non-hydrogen) atoms. The van der Waals surface area contributed by atoms with E-state index in [0.29, 0.717) is 0 Å². The third kappa shape index (κ3) is 1.12. The Kier molecular flexibility index (Phi) is 1.61. The fraction of sp³-hybridized carbons (Fsp3) is 0. The van der Waals surface area contributed by atoms with Crippen LogP contribution in [0.4, 0.5) is 0 Å². The number of aromatic nitrogens is 3. The molecule has 0 fully saturated rings. The van der Waals surface area contributed by atoms with Gasteiger partial charge in [-0.05, 0) is 12.1 Å². The van der Waals surface area contributed by atoms with Crippen molar-refractivity contribution in [2.45, 2.75) is 0 Å². The van der Waals surface area contributed by atoms with E-state index in [9.17, 15) is 0 Å². The number of imidazole rings is 1. The summed E-state index contributed by atoms with van der Waals surface area (Å²) in [6, 6.07) is 7.97. The lowest BCUT2D eigenvalue weighted by Gasteiger charge is -1.84. The first-order valence-electron chi connectivity index (χ1n) is 4.27. The van der Waals surface area contributed by atoms with Gasteiger partial charge >= 0.3 is 0 Å². The van der Waals surface area contributed by atoms with Crippen molar-refractivity contribution in [2.24, 2.45) is 0 Å². The van der Waals surface area contributed by atoms with Crippen LogP contribution >= 0.6 is 11.3 Å². The maximum atomic E-state index is 4.44. The summed E-state index contributed by atoms with van der Waals surface area (Å²) in [7, 11) is 0. The number of aromatic amines is 1. The monoisotopic (exact) mass is 204 g/mol. The highest BCUT2D eigenvalue weighted by Crippen LogP contribution is 2.19. The number of nitrogens with zero attached hydrogens (tertiary/aromatic N) is 2. The quantitative estimate of drug-likeness (QED) is 0.662. The highest BCUT2D eigenvalue weighted by atomic mass is 35.0. The molecule has 1 aromatic carbocycles. The van der Waals surface area contributed by atoms with Gasteiger partial charge in [-0.25, -0.2) is 9.97 Å². The third-order valence-corrected chi connectivity index (χ3v) is 2.65. The molecule has 0 spiro atoms. The molecule has 2 heterocycles. The molecule has 1 N–H and O–H groups in total. The van der Waals surface area contributed by atoms with Crippen LogP contribution in [0.2, 0.25) is 0 Å². The molecule has 0 unspecified atom stereocenters. The van der Waals surface area contributed by atoms with E-state index in [4.69, 9.17) is 0 Å². The van der Waals surface area contributed by atoms with Crippen LogP contribution in [0.3, 0.4) is 0 Å². The standard InChI is InChI=1S/C10H7N3S/c1-2-4-8-7(3-1)12-10(13-8)9-5-14-6-11-9/h1-6H,(H,12,13)/i14+3. The number of H-pyrrole nitrogens is 1. The van der Waals surface area contributed by atoms with Gasteiger partial charge in [0.2, 0.25) is 0 Å². The van der Waals surface area contributed by atoms with E-state index in [1.807, 2.05) is 35.2 Å². The first-order valence-corrected chi connectivity index (χ1v) is 5.21. The molecule has 0 saturated heterocycles. The fourth-order valence-corrected chi connectivity index (χ4v) is 1.94. The van der Waals surface area contributed by atoms with Crippen LogP contribution in [0, 0.1) is 0 Å². The number of para-hydroxylation sites is 2. The Balaban J connectivity index is 2.24. The molecule has 68 valence electrons. The Morgan fingerprint density at radius 2 is 2.14 bits per heavy atom. The summed E-state index contributed by atoms with van der Waals surface area (Å²) in [5, 5.41) is 1.98. The molecular formula is C10H7N3S. The molecule has 0 radical (unpaired) electrons. The second kappa shape index (κ2) is 2.92. The van der Waals surface area contributed by atoms with E-state index in [1.54, 1.807) is 11.3 Å². The van der Waals surface area contributed by atoms with E-state index in [2.05, 4.69) is 15.0 Å². The van der Waals surface area contributed by atoms with E-state index < -0.39 is 0 Å². The predicted molar refractivity (Wildman–Crippen MR) is 57.2 cm³/mol. The summed E-state index contributed by atoms with van der Waals surface area (Å²) in [4.78, 5) is 11.9. The van der Waals surface area contributed by atoms with Crippen molar-refractivity contribution in [2.75, 3.05) is 0 Å². The van der Waals surface area contributed by atoms with Gasteiger partial charge in [0.05, 0.1) is 16.5 Å². The van der Waals surface area contributed by atoms with Gasteiger partial charge in [0.1, 0.15) is 5.69 Å². The van der Waals surface area contributed by atoms with Gasteiger partial charge in [0.15, 0.2) is 5.82 Å². The van der Waals surface area contributed by atoms with Crippen molar-refractivity contribution in [1.29, 1.82) is 0 Å². The van der Waals surface area contributed by atoms with Gasteiger partial charge in [-0.3, -0.25) is 0 Å². The number of nitrogens with one attached hydrogen (secondary N) is 1. The number of hydrogen-bond acceptors (Lipinski definition) is 3. The van der Waals surface area contributed by atoms with E-state index in [1.165, 1.54) is 0 Å². The number of rotatable bonds is 1. The third-order valence-electron chi connectivity index (χ3n) is 2.06. The van der Waals surface area contributed by atoms with Gasteiger partial charge in [-0.15, -0.1) is 11.3 Å². The zero-order chi connectivity index (χ0) is 9.38. The van der Waals surface area contributed by atoms with Crippen LogP contribution in [-0.2, 0) is 0 Å². The molecule has 0 amide bonds. The largest absolute Gasteiger partial charge is 0.337 e. The first-order chi connectivity index (χ1) is 6.93. The molecule has 3 aromatic rings. The average molecular weight is 204 g/mol. The molecule has 0 saturated carbocycles. The summed E-state index contributed by atoms with van der Waals surface area (Å²) in [6.45, 7) is 0. The number of hydrogen-bond donors (Lipinski definition) is 1. The van der Waals surface area contributed by atoms with Gasteiger partial charge in [0, 0.05) is 5.38 Å². The van der Waals surface area contributed by atoms with Gasteiger partial charge in [-0.1, -0.05) is 12.1 Å². The maximum absolute atomic E-state index is 4.44. The molecule has 0 bridgehead atoms. The normalized spacial score (nSPS) is 10.9. The predicted octanol–water partition coefficient (Wildman–Crippen LogP) is 2.69. The fourth-order valence-electron chi connectivity index (χ4n) is 1.40. The Hall–Kier alpha value is -1.68. The maximum Gasteiger partial charge on any atom is 0.158 e. The lowest BCUT2D eigenvalue weighted by Crippen LogP contribution is -1.77. The molecule has 0 aliphatic carbocycles. The molecule has 0 aliphatic heterocycles.